The number of anilines is 1. The fraction of sp³-hybridized carbons (Fsp3) is 0.438. The number of nitrogens with one attached hydrogen (secondary N) is 1. The van der Waals surface area contributed by atoms with Gasteiger partial charge in [0, 0.05) is 53.9 Å². The number of aliphatic carboxylic acids is 1. The van der Waals surface area contributed by atoms with Gasteiger partial charge in [0.2, 0.25) is 11.8 Å². The van der Waals surface area contributed by atoms with Gasteiger partial charge in [-0.1, -0.05) is 13.0 Å². The molecule has 0 aromatic heterocycles. The average molecular weight is 642 g/mol. The van der Waals surface area contributed by atoms with Gasteiger partial charge in [-0.3, -0.25) is 14.5 Å². The van der Waals surface area contributed by atoms with Gasteiger partial charge in [0.15, 0.2) is 0 Å². The van der Waals surface area contributed by atoms with Gasteiger partial charge in [0.05, 0.1) is 31.9 Å². The van der Waals surface area contributed by atoms with E-state index < -0.39 is 36.0 Å². The van der Waals surface area contributed by atoms with E-state index in [0.717, 1.165) is 5.56 Å². The standard InChI is InChI=1S/C32H39N3O9S/c1-17(36)9-26-18(2)29(28(32(41)42)35(26)19(3)37)45-25-14-27(30(38)33-22-8-6-7-21(12-22)31(39)40)34(16-25)15-20-10-23(43-4)13-24(11-20)44-5/h6-8,10-13,17-18,25-27,36H,9,14-16H2,1-5H3,(H,33,38)(H,39,40)(H,41,42)/t17-,18-,25+,26+,27+/m1/s1. The van der Waals surface area contributed by atoms with Crippen molar-refractivity contribution in [1.29, 1.82) is 0 Å². The summed E-state index contributed by atoms with van der Waals surface area (Å²) in [5, 5.41) is 32.3. The zero-order valence-corrected chi connectivity index (χ0v) is 26.7. The highest BCUT2D eigenvalue weighted by Crippen LogP contribution is 2.46. The van der Waals surface area contributed by atoms with E-state index in [2.05, 4.69) is 5.32 Å². The van der Waals surface area contributed by atoms with Crippen LogP contribution in [0.1, 0.15) is 49.5 Å². The lowest BCUT2D eigenvalue weighted by molar-refractivity contribution is -0.140. The predicted molar refractivity (Wildman–Crippen MR) is 168 cm³/mol. The Bertz CT molecular complexity index is 1470. The number of carboxylic acid groups (broad SMARTS) is 2. The van der Waals surface area contributed by atoms with Crippen molar-refractivity contribution in [3.63, 3.8) is 0 Å². The minimum atomic E-state index is -1.22. The fourth-order valence-corrected chi connectivity index (χ4v) is 7.61. The molecular formula is C32H39N3O9S. The zero-order valence-electron chi connectivity index (χ0n) is 25.9. The van der Waals surface area contributed by atoms with E-state index in [1.807, 2.05) is 24.0 Å². The highest BCUT2D eigenvalue weighted by atomic mass is 32.2. The number of nitrogens with zero attached hydrogens (tertiary/aromatic N) is 2. The third kappa shape index (κ3) is 7.78. The van der Waals surface area contributed by atoms with Crippen molar-refractivity contribution in [3.05, 3.63) is 64.2 Å². The molecule has 2 aliphatic rings. The van der Waals surface area contributed by atoms with Crippen LogP contribution in [-0.4, -0.2) is 93.1 Å². The molecule has 0 unspecified atom stereocenters. The second-order valence-electron chi connectivity index (χ2n) is 11.4. The lowest BCUT2D eigenvalue weighted by atomic mass is 9.98. The Hall–Kier alpha value is -4.07. The van der Waals surface area contributed by atoms with Gasteiger partial charge in [-0.25, -0.2) is 9.59 Å². The summed E-state index contributed by atoms with van der Waals surface area (Å²) in [7, 11) is 3.10. The number of carboxylic acids is 2. The van der Waals surface area contributed by atoms with Gasteiger partial charge < -0.3 is 35.0 Å². The number of aromatic carboxylic acids is 1. The normalized spacial score (nSPS) is 22.3. The number of carbonyl (C=O) groups excluding carboxylic acids is 2. The third-order valence-corrected chi connectivity index (χ3v) is 9.55. The van der Waals surface area contributed by atoms with Crippen LogP contribution in [0.4, 0.5) is 5.69 Å². The second kappa shape index (κ2) is 14.4. The highest BCUT2D eigenvalue weighted by Gasteiger charge is 2.46. The largest absolute Gasteiger partial charge is 0.497 e. The molecule has 0 radical (unpaired) electrons. The molecule has 5 atom stereocenters. The van der Waals surface area contributed by atoms with Gasteiger partial charge in [0.25, 0.3) is 0 Å². The summed E-state index contributed by atoms with van der Waals surface area (Å²) in [4.78, 5) is 54.1. The van der Waals surface area contributed by atoms with Crippen molar-refractivity contribution in [3.8, 4) is 11.5 Å². The number of methoxy groups -OCH3 is 2. The molecular weight excluding hydrogens is 602 g/mol. The number of likely N-dealkylation sites (tertiary alicyclic amines) is 1. The maximum atomic E-state index is 13.7. The van der Waals surface area contributed by atoms with Gasteiger partial charge in [-0.15, -0.1) is 11.8 Å². The number of rotatable bonds is 12. The average Bonchev–Trinajstić information content (AvgIpc) is 3.50. The van der Waals surface area contributed by atoms with Crippen LogP contribution in [0.5, 0.6) is 11.5 Å². The molecule has 2 aromatic carbocycles. The monoisotopic (exact) mass is 641 g/mol. The van der Waals surface area contributed by atoms with Crippen LogP contribution in [0.2, 0.25) is 0 Å². The van der Waals surface area contributed by atoms with Crippen LogP contribution in [0.3, 0.4) is 0 Å². The summed E-state index contributed by atoms with van der Waals surface area (Å²) >= 11 is 1.35. The number of hydrogen-bond acceptors (Lipinski definition) is 9. The molecule has 4 rings (SSSR count). The molecule has 45 heavy (non-hydrogen) atoms. The summed E-state index contributed by atoms with van der Waals surface area (Å²) in [5.74, 6) is -2.25. The number of benzene rings is 2. The lowest BCUT2D eigenvalue weighted by Crippen LogP contribution is -2.40. The quantitative estimate of drug-likeness (QED) is 0.267. The maximum Gasteiger partial charge on any atom is 0.353 e. The van der Waals surface area contributed by atoms with Crippen LogP contribution < -0.4 is 14.8 Å². The first-order valence-electron chi connectivity index (χ1n) is 14.5. The van der Waals surface area contributed by atoms with Gasteiger partial charge in [-0.05, 0) is 55.7 Å². The number of ether oxygens (including phenoxy) is 2. The van der Waals surface area contributed by atoms with Crippen molar-refractivity contribution >= 4 is 41.2 Å². The van der Waals surface area contributed by atoms with Crippen LogP contribution in [-0.2, 0) is 20.9 Å². The first-order chi connectivity index (χ1) is 21.3. The van der Waals surface area contributed by atoms with Crippen LogP contribution >= 0.6 is 11.8 Å². The highest BCUT2D eigenvalue weighted by molar-refractivity contribution is 8.03. The first kappa shape index (κ1) is 33.8. The zero-order chi connectivity index (χ0) is 33.0. The maximum absolute atomic E-state index is 13.7. The molecule has 0 saturated carbocycles. The molecule has 2 heterocycles. The number of amides is 2. The Morgan fingerprint density at radius 3 is 2.27 bits per heavy atom. The summed E-state index contributed by atoms with van der Waals surface area (Å²) in [6, 6.07) is 10.3. The topological polar surface area (TPSA) is 166 Å². The predicted octanol–water partition coefficient (Wildman–Crippen LogP) is 3.65. The van der Waals surface area contributed by atoms with Crippen LogP contribution in [0.25, 0.3) is 0 Å². The molecule has 242 valence electrons. The number of hydrogen-bond donors (Lipinski definition) is 4. The van der Waals surface area contributed by atoms with Gasteiger partial charge in [-0.2, -0.15) is 0 Å². The number of aliphatic hydroxyl groups is 1. The van der Waals surface area contributed by atoms with E-state index in [9.17, 15) is 34.5 Å². The van der Waals surface area contributed by atoms with Crippen LogP contribution in [0, 0.1) is 5.92 Å². The van der Waals surface area contributed by atoms with Crippen molar-refractivity contribution in [1.82, 2.24) is 9.80 Å². The molecule has 1 saturated heterocycles. The minimum absolute atomic E-state index is 0.0399. The Balaban J connectivity index is 1.66. The number of aliphatic hydroxyl groups excluding tert-OH is 1. The molecule has 4 N–H and O–H groups in total. The first-order valence-corrected chi connectivity index (χ1v) is 15.4. The molecule has 2 aromatic rings. The molecule has 2 aliphatic heterocycles. The Labute approximate surface area is 266 Å². The number of thioether (sulfide) groups is 1. The second-order valence-corrected chi connectivity index (χ2v) is 12.7. The van der Waals surface area contributed by atoms with Gasteiger partial charge in [0.1, 0.15) is 17.2 Å². The van der Waals surface area contributed by atoms with E-state index in [-0.39, 0.29) is 34.8 Å². The molecule has 2 amide bonds. The van der Waals surface area contributed by atoms with E-state index in [1.54, 1.807) is 39.3 Å². The lowest BCUT2D eigenvalue weighted by Gasteiger charge is -2.28. The smallest absolute Gasteiger partial charge is 0.353 e. The van der Waals surface area contributed by atoms with Crippen molar-refractivity contribution in [2.75, 3.05) is 26.1 Å². The Kier molecular flexibility index (Phi) is 10.8. The Morgan fingerprint density at radius 1 is 1.04 bits per heavy atom. The van der Waals surface area contributed by atoms with Crippen molar-refractivity contribution < 1.29 is 44.0 Å². The third-order valence-electron chi connectivity index (χ3n) is 8.06. The van der Waals surface area contributed by atoms with Crippen molar-refractivity contribution in [2.24, 2.45) is 5.92 Å². The van der Waals surface area contributed by atoms with Gasteiger partial charge >= 0.3 is 11.9 Å². The number of carbonyl (C=O) groups is 4. The summed E-state index contributed by atoms with van der Waals surface area (Å²) in [6.07, 6.45) is -0.162. The molecule has 1 fully saturated rings. The molecule has 13 heteroatoms. The van der Waals surface area contributed by atoms with E-state index in [0.29, 0.717) is 41.6 Å². The Morgan fingerprint density at radius 2 is 1.71 bits per heavy atom. The molecule has 0 bridgehead atoms. The van der Waals surface area contributed by atoms with E-state index in [4.69, 9.17) is 9.47 Å². The van der Waals surface area contributed by atoms with E-state index in [1.165, 1.54) is 35.7 Å². The van der Waals surface area contributed by atoms with Crippen molar-refractivity contribution in [2.45, 2.75) is 63.6 Å². The van der Waals surface area contributed by atoms with Crippen LogP contribution in [0.15, 0.2) is 53.1 Å². The molecule has 0 aliphatic carbocycles. The molecule has 12 nitrogen and oxygen atoms in total. The summed E-state index contributed by atoms with van der Waals surface area (Å²) < 4.78 is 10.9. The van der Waals surface area contributed by atoms with E-state index >= 15 is 0 Å². The molecule has 0 spiro atoms. The minimum Gasteiger partial charge on any atom is -0.497 e. The SMILES string of the molecule is COc1cc(CN2C[C@@H](SC3=C(C(=O)O)N(C(C)=O)[C@@H](C[C@@H](C)O)[C@H]3C)C[C@H]2C(=O)Nc2cccc(C(=O)O)c2)cc(OC)c1. The summed E-state index contributed by atoms with van der Waals surface area (Å²) in [6.45, 7) is 5.55. The fourth-order valence-electron chi connectivity index (χ4n) is 6.04. The summed E-state index contributed by atoms with van der Waals surface area (Å²) in [5.41, 5.74) is 1.13.